The number of carbonyl (C=O) groups excluding carboxylic acids is 1. The van der Waals surface area contributed by atoms with Crippen molar-refractivity contribution in [2.45, 2.75) is 51.6 Å². The van der Waals surface area contributed by atoms with Crippen LogP contribution in [-0.4, -0.2) is 34.0 Å². The number of carbonyl (C=O) groups is 1. The second kappa shape index (κ2) is 7.81. The number of nitrogens with zero attached hydrogens (tertiary/aromatic N) is 2. The zero-order valence-corrected chi connectivity index (χ0v) is 14.5. The fraction of sp³-hybridized carbons (Fsp3) is 0.765. The van der Waals surface area contributed by atoms with Gasteiger partial charge in [-0.1, -0.05) is 26.2 Å². The summed E-state index contributed by atoms with van der Waals surface area (Å²) in [6.45, 7) is 4.84. The lowest BCUT2D eigenvalue weighted by Crippen LogP contribution is -2.43. The quantitative estimate of drug-likeness (QED) is 0.751. The van der Waals surface area contributed by atoms with E-state index in [4.69, 9.17) is 0 Å². The molecule has 1 aliphatic rings. The van der Waals surface area contributed by atoms with Crippen molar-refractivity contribution < 1.29 is 9.90 Å². The fourth-order valence-corrected chi connectivity index (χ4v) is 3.33. The molecule has 0 bridgehead atoms. The first-order valence-corrected chi connectivity index (χ1v) is 8.60. The summed E-state index contributed by atoms with van der Waals surface area (Å²) < 4.78 is 1.63. The van der Waals surface area contributed by atoms with E-state index >= 15 is 0 Å². The molecule has 1 heterocycles. The van der Waals surface area contributed by atoms with E-state index in [0.717, 1.165) is 18.3 Å². The van der Waals surface area contributed by atoms with Crippen LogP contribution in [0.25, 0.3) is 0 Å². The van der Waals surface area contributed by atoms with Crippen molar-refractivity contribution in [1.29, 1.82) is 0 Å². The van der Waals surface area contributed by atoms with Crippen LogP contribution < -0.4 is 10.6 Å². The van der Waals surface area contributed by atoms with Gasteiger partial charge in [-0.2, -0.15) is 5.10 Å². The molecule has 1 saturated carbocycles. The number of hydrogen-bond donors (Lipinski definition) is 3. The van der Waals surface area contributed by atoms with Crippen LogP contribution in [0, 0.1) is 11.8 Å². The highest BCUT2D eigenvalue weighted by atomic mass is 16.3. The molecule has 6 nitrogen and oxygen atoms in total. The van der Waals surface area contributed by atoms with Crippen LogP contribution in [0.1, 0.15) is 51.5 Å². The lowest BCUT2D eigenvalue weighted by molar-refractivity contribution is 0.0593. The van der Waals surface area contributed by atoms with Crippen molar-refractivity contribution in [1.82, 2.24) is 20.4 Å². The molecule has 1 aromatic rings. The standard InChI is InChI=1S/C17H30N4O2/c1-13-5-4-6-14(9-13)7-8-18-16(22)19-12-17(2,23)15-10-20-21(3)11-15/h10-11,13-14,23H,4-9,12H2,1-3H3,(H2,18,19,22). The number of aliphatic hydroxyl groups is 1. The number of amides is 2. The van der Waals surface area contributed by atoms with Gasteiger partial charge < -0.3 is 15.7 Å². The minimum absolute atomic E-state index is 0.158. The topological polar surface area (TPSA) is 79.2 Å². The van der Waals surface area contributed by atoms with Crippen LogP contribution in [0.2, 0.25) is 0 Å². The maximum absolute atomic E-state index is 11.9. The Bertz CT molecular complexity index is 512. The van der Waals surface area contributed by atoms with E-state index in [0.29, 0.717) is 12.1 Å². The zero-order valence-electron chi connectivity index (χ0n) is 14.5. The summed E-state index contributed by atoms with van der Waals surface area (Å²) >= 11 is 0. The van der Waals surface area contributed by atoms with E-state index in [-0.39, 0.29) is 12.6 Å². The first kappa shape index (κ1) is 17.8. The van der Waals surface area contributed by atoms with Gasteiger partial charge in [-0.3, -0.25) is 4.68 Å². The molecule has 0 aliphatic heterocycles. The Morgan fingerprint density at radius 2 is 2.26 bits per heavy atom. The summed E-state index contributed by atoms with van der Waals surface area (Å²) in [4.78, 5) is 11.9. The lowest BCUT2D eigenvalue weighted by atomic mass is 9.81. The van der Waals surface area contributed by atoms with Crippen LogP contribution in [0.4, 0.5) is 4.79 Å². The Morgan fingerprint density at radius 3 is 2.91 bits per heavy atom. The lowest BCUT2D eigenvalue weighted by Gasteiger charge is -2.27. The highest BCUT2D eigenvalue weighted by molar-refractivity contribution is 5.73. The minimum atomic E-state index is -1.12. The number of urea groups is 1. The number of aryl methyl sites for hydroxylation is 1. The molecule has 0 radical (unpaired) electrons. The van der Waals surface area contributed by atoms with E-state index in [2.05, 4.69) is 22.7 Å². The molecule has 1 aliphatic carbocycles. The van der Waals surface area contributed by atoms with Crippen molar-refractivity contribution in [3.63, 3.8) is 0 Å². The summed E-state index contributed by atoms with van der Waals surface area (Å²) in [5.41, 5.74) is -0.429. The van der Waals surface area contributed by atoms with Crippen molar-refractivity contribution in [2.75, 3.05) is 13.1 Å². The predicted molar refractivity (Wildman–Crippen MR) is 89.9 cm³/mol. The highest BCUT2D eigenvalue weighted by Crippen LogP contribution is 2.30. The highest BCUT2D eigenvalue weighted by Gasteiger charge is 2.25. The number of nitrogens with one attached hydrogen (secondary N) is 2. The SMILES string of the molecule is CC1CCCC(CCNC(=O)NCC(C)(O)c2cnn(C)c2)C1. The Balaban J connectivity index is 1.66. The van der Waals surface area contributed by atoms with Crippen LogP contribution in [0.5, 0.6) is 0 Å². The van der Waals surface area contributed by atoms with Gasteiger partial charge in [0.25, 0.3) is 0 Å². The number of rotatable bonds is 6. The molecule has 2 amide bonds. The third-order valence-corrected chi connectivity index (χ3v) is 4.80. The van der Waals surface area contributed by atoms with Gasteiger partial charge in [0.05, 0.1) is 12.7 Å². The van der Waals surface area contributed by atoms with Crippen molar-refractivity contribution >= 4 is 6.03 Å². The van der Waals surface area contributed by atoms with Crippen LogP contribution in [0.3, 0.4) is 0 Å². The van der Waals surface area contributed by atoms with Gasteiger partial charge in [0.1, 0.15) is 5.60 Å². The van der Waals surface area contributed by atoms with E-state index < -0.39 is 5.60 Å². The molecule has 3 N–H and O–H groups in total. The van der Waals surface area contributed by atoms with E-state index in [1.54, 1.807) is 31.0 Å². The molecule has 3 atom stereocenters. The van der Waals surface area contributed by atoms with Gasteiger partial charge in [0.2, 0.25) is 0 Å². The first-order valence-electron chi connectivity index (χ1n) is 8.60. The monoisotopic (exact) mass is 322 g/mol. The molecule has 1 aromatic heterocycles. The molecule has 0 saturated heterocycles. The average Bonchev–Trinajstić information content (AvgIpc) is 2.93. The van der Waals surface area contributed by atoms with Gasteiger partial charge >= 0.3 is 6.03 Å². The zero-order chi connectivity index (χ0) is 16.9. The average molecular weight is 322 g/mol. The summed E-state index contributed by atoms with van der Waals surface area (Å²) in [6.07, 6.45) is 9.62. The molecular weight excluding hydrogens is 292 g/mol. The summed E-state index contributed by atoms with van der Waals surface area (Å²) in [5, 5.41) is 20.1. The summed E-state index contributed by atoms with van der Waals surface area (Å²) in [6, 6.07) is -0.224. The molecule has 130 valence electrons. The van der Waals surface area contributed by atoms with Crippen LogP contribution in [-0.2, 0) is 12.6 Å². The van der Waals surface area contributed by atoms with E-state index in [1.807, 2.05) is 0 Å². The second-order valence-corrected chi connectivity index (χ2v) is 7.21. The normalized spacial score (nSPS) is 24.0. The van der Waals surface area contributed by atoms with E-state index in [9.17, 15) is 9.90 Å². The summed E-state index contributed by atoms with van der Waals surface area (Å²) in [5.74, 6) is 1.55. The van der Waals surface area contributed by atoms with Crippen LogP contribution in [0.15, 0.2) is 12.4 Å². The number of hydrogen-bond acceptors (Lipinski definition) is 3. The Hall–Kier alpha value is -1.56. The molecule has 0 aromatic carbocycles. The summed E-state index contributed by atoms with van der Waals surface area (Å²) in [7, 11) is 1.80. The third-order valence-electron chi connectivity index (χ3n) is 4.80. The smallest absolute Gasteiger partial charge is 0.314 e. The van der Waals surface area contributed by atoms with Crippen molar-refractivity contribution in [3.8, 4) is 0 Å². The van der Waals surface area contributed by atoms with Gasteiger partial charge in [0.15, 0.2) is 0 Å². The minimum Gasteiger partial charge on any atom is -0.383 e. The Morgan fingerprint density at radius 1 is 1.48 bits per heavy atom. The van der Waals surface area contributed by atoms with E-state index in [1.165, 1.54) is 25.7 Å². The molecule has 23 heavy (non-hydrogen) atoms. The number of aromatic nitrogens is 2. The van der Waals surface area contributed by atoms with Crippen molar-refractivity contribution in [2.24, 2.45) is 18.9 Å². The second-order valence-electron chi connectivity index (χ2n) is 7.21. The molecule has 0 spiro atoms. The van der Waals surface area contributed by atoms with Gasteiger partial charge in [0, 0.05) is 25.4 Å². The predicted octanol–water partition coefficient (Wildman–Crippen LogP) is 2.14. The molecule has 6 heteroatoms. The molecule has 2 rings (SSSR count). The Labute approximate surface area is 138 Å². The van der Waals surface area contributed by atoms with Gasteiger partial charge in [-0.15, -0.1) is 0 Å². The third kappa shape index (κ3) is 5.53. The maximum Gasteiger partial charge on any atom is 0.314 e. The molecular formula is C17H30N4O2. The van der Waals surface area contributed by atoms with Crippen molar-refractivity contribution in [3.05, 3.63) is 18.0 Å². The maximum atomic E-state index is 11.9. The fourth-order valence-electron chi connectivity index (χ4n) is 3.33. The largest absolute Gasteiger partial charge is 0.383 e. The Kier molecular flexibility index (Phi) is 6.04. The molecule has 3 unspecified atom stereocenters. The van der Waals surface area contributed by atoms with Gasteiger partial charge in [-0.25, -0.2) is 4.79 Å². The van der Waals surface area contributed by atoms with Gasteiger partial charge in [-0.05, 0) is 31.6 Å². The first-order chi connectivity index (χ1) is 10.9. The van der Waals surface area contributed by atoms with Crippen LogP contribution >= 0.6 is 0 Å². The molecule has 1 fully saturated rings.